The van der Waals surface area contributed by atoms with E-state index in [4.69, 9.17) is 14.7 Å². The molecule has 1 fully saturated rings. The Morgan fingerprint density at radius 3 is 2.53 bits per heavy atom. The molecule has 2 aliphatic heterocycles. The summed E-state index contributed by atoms with van der Waals surface area (Å²) >= 11 is 0. The molecule has 0 bridgehead atoms. The van der Waals surface area contributed by atoms with E-state index < -0.39 is 5.91 Å². The van der Waals surface area contributed by atoms with Gasteiger partial charge in [-0.2, -0.15) is 0 Å². The average molecular weight is 411 g/mol. The van der Waals surface area contributed by atoms with E-state index in [-0.39, 0.29) is 30.3 Å². The van der Waals surface area contributed by atoms with Crippen molar-refractivity contribution < 1.29 is 24.3 Å². The Balaban J connectivity index is 1.74. The molecule has 0 saturated carbocycles. The van der Waals surface area contributed by atoms with Crippen LogP contribution >= 0.6 is 0 Å². The number of ether oxygens (including phenoxy) is 2. The van der Waals surface area contributed by atoms with E-state index in [0.29, 0.717) is 32.1 Å². The highest BCUT2D eigenvalue weighted by Crippen LogP contribution is 2.40. The maximum absolute atomic E-state index is 13.6. The van der Waals surface area contributed by atoms with Gasteiger partial charge in [0, 0.05) is 24.2 Å². The predicted octanol–water partition coefficient (Wildman–Crippen LogP) is 2.75. The van der Waals surface area contributed by atoms with Crippen LogP contribution in [0.1, 0.15) is 40.5 Å². The van der Waals surface area contributed by atoms with E-state index in [9.17, 15) is 9.59 Å². The van der Waals surface area contributed by atoms with Gasteiger partial charge < -0.3 is 19.3 Å². The molecular weight excluding hydrogens is 386 g/mol. The van der Waals surface area contributed by atoms with Gasteiger partial charge in [0.15, 0.2) is 0 Å². The zero-order chi connectivity index (χ0) is 21.1. The third kappa shape index (κ3) is 3.83. The third-order valence-electron chi connectivity index (χ3n) is 5.66. The molecule has 8 nitrogen and oxygen atoms in total. The lowest BCUT2D eigenvalue weighted by Gasteiger charge is -2.39. The molecule has 2 aromatic carbocycles. The molecular formula is C22H25N3O5. The van der Waals surface area contributed by atoms with Crippen LogP contribution in [0.25, 0.3) is 0 Å². The second-order valence-corrected chi connectivity index (χ2v) is 7.40. The number of hydrogen-bond donors (Lipinski definition) is 2. The van der Waals surface area contributed by atoms with E-state index in [1.807, 2.05) is 47.1 Å². The SMILES string of the molecule is CC1c2ccc(C(=O)NO)cc2OCC(c2ccccc2)N1C(=O)N1CCOCC1. The van der Waals surface area contributed by atoms with Crippen molar-refractivity contribution in [1.82, 2.24) is 15.3 Å². The summed E-state index contributed by atoms with van der Waals surface area (Å²) in [6, 6.07) is 14.2. The van der Waals surface area contributed by atoms with Crippen LogP contribution in [0.5, 0.6) is 5.75 Å². The Morgan fingerprint density at radius 2 is 1.83 bits per heavy atom. The molecule has 0 radical (unpaired) electrons. The largest absolute Gasteiger partial charge is 0.491 e. The molecule has 2 unspecified atom stereocenters. The summed E-state index contributed by atoms with van der Waals surface area (Å²) < 4.78 is 11.5. The van der Waals surface area contributed by atoms with Crippen LogP contribution in [0.4, 0.5) is 4.79 Å². The van der Waals surface area contributed by atoms with Crippen LogP contribution in [0, 0.1) is 0 Å². The molecule has 0 spiro atoms. The van der Waals surface area contributed by atoms with Crippen LogP contribution in [-0.4, -0.2) is 59.9 Å². The van der Waals surface area contributed by atoms with Gasteiger partial charge in [-0.15, -0.1) is 0 Å². The van der Waals surface area contributed by atoms with Gasteiger partial charge in [-0.05, 0) is 24.6 Å². The van der Waals surface area contributed by atoms with Gasteiger partial charge in [0.25, 0.3) is 5.91 Å². The fraction of sp³-hybridized carbons (Fsp3) is 0.364. The first-order valence-corrected chi connectivity index (χ1v) is 10.0. The number of nitrogens with zero attached hydrogens (tertiary/aromatic N) is 2. The van der Waals surface area contributed by atoms with E-state index in [1.54, 1.807) is 23.7 Å². The zero-order valence-corrected chi connectivity index (χ0v) is 16.8. The quantitative estimate of drug-likeness (QED) is 0.586. The van der Waals surface area contributed by atoms with Crippen molar-refractivity contribution in [3.8, 4) is 5.75 Å². The maximum Gasteiger partial charge on any atom is 0.321 e. The molecule has 8 heteroatoms. The number of benzene rings is 2. The summed E-state index contributed by atoms with van der Waals surface area (Å²) in [5, 5.41) is 8.94. The average Bonchev–Trinajstić information content (AvgIpc) is 2.95. The summed E-state index contributed by atoms with van der Waals surface area (Å²) in [6.07, 6.45) is 0. The number of urea groups is 1. The second kappa shape index (κ2) is 8.73. The molecule has 2 heterocycles. The number of fused-ring (bicyclic) bond motifs is 1. The summed E-state index contributed by atoms with van der Waals surface area (Å²) in [7, 11) is 0. The molecule has 4 rings (SSSR count). The van der Waals surface area contributed by atoms with Gasteiger partial charge in [0.1, 0.15) is 12.4 Å². The number of hydrogen-bond acceptors (Lipinski definition) is 5. The molecule has 158 valence electrons. The minimum atomic E-state index is -0.612. The summed E-state index contributed by atoms with van der Waals surface area (Å²) in [5.74, 6) is -0.0824. The highest BCUT2D eigenvalue weighted by Gasteiger charge is 2.37. The van der Waals surface area contributed by atoms with E-state index in [2.05, 4.69) is 0 Å². The first kappa shape index (κ1) is 20.2. The van der Waals surface area contributed by atoms with Crippen molar-refractivity contribution in [2.75, 3.05) is 32.9 Å². The summed E-state index contributed by atoms with van der Waals surface area (Å²) in [5.41, 5.74) is 3.72. The van der Waals surface area contributed by atoms with E-state index >= 15 is 0 Å². The minimum Gasteiger partial charge on any atom is -0.491 e. The van der Waals surface area contributed by atoms with Crippen molar-refractivity contribution in [2.24, 2.45) is 0 Å². The number of hydroxylamine groups is 1. The van der Waals surface area contributed by atoms with Crippen LogP contribution in [0.15, 0.2) is 48.5 Å². The Morgan fingerprint density at radius 1 is 1.10 bits per heavy atom. The van der Waals surface area contributed by atoms with Crippen molar-refractivity contribution in [3.63, 3.8) is 0 Å². The van der Waals surface area contributed by atoms with Crippen molar-refractivity contribution >= 4 is 11.9 Å². The smallest absolute Gasteiger partial charge is 0.321 e. The number of rotatable bonds is 2. The van der Waals surface area contributed by atoms with E-state index in [1.165, 1.54) is 0 Å². The highest BCUT2D eigenvalue weighted by atomic mass is 16.5. The molecule has 1 saturated heterocycles. The van der Waals surface area contributed by atoms with Crippen LogP contribution in [0.2, 0.25) is 0 Å². The van der Waals surface area contributed by atoms with Crippen molar-refractivity contribution in [2.45, 2.75) is 19.0 Å². The third-order valence-corrected chi connectivity index (χ3v) is 5.66. The normalized spacial score (nSPS) is 21.3. The van der Waals surface area contributed by atoms with Gasteiger partial charge >= 0.3 is 6.03 Å². The fourth-order valence-corrected chi connectivity index (χ4v) is 4.03. The molecule has 30 heavy (non-hydrogen) atoms. The van der Waals surface area contributed by atoms with Gasteiger partial charge in [0.2, 0.25) is 0 Å². The minimum absolute atomic E-state index is 0.0618. The Kier molecular flexibility index (Phi) is 5.87. The standard InChI is InChI=1S/C22H25N3O5/c1-15-18-8-7-17(21(26)23-28)13-20(18)30-14-19(16-5-3-2-4-6-16)25(15)22(27)24-9-11-29-12-10-24/h2-8,13,15,19,28H,9-12,14H2,1H3,(H,23,26). The van der Waals surface area contributed by atoms with Crippen molar-refractivity contribution in [3.05, 3.63) is 65.2 Å². The first-order valence-electron chi connectivity index (χ1n) is 10.0. The predicted molar refractivity (Wildman–Crippen MR) is 108 cm³/mol. The van der Waals surface area contributed by atoms with Crippen LogP contribution < -0.4 is 10.2 Å². The Labute approximate surface area is 174 Å². The second-order valence-electron chi connectivity index (χ2n) is 7.40. The molecule has 2 aromatic rings. The Bertz CT molecular complexity index is 914. The van der Waals surface area contributed by atoms with E-state index in [0.717, 1.165) is 11.1 Å². The molecule has 2 atom stereocenters. The molecule has 3 amide bonds. The molecule has 0 aromatic heterocycles. The van der Waals surface area contributed by atoms with Crippen molar-refractivity contribution in [1.29, 1.82) is 0 Å². The number of morpholine rings is 1. The lowest BCUT2D eigenvalue weighted by Crippen LogP contribution is -2.50. The number of nitrogens with one attached hydrogen (secondary N) is 1. The van der Waals surface area contributed by atoms with Gasteiger partial charge in [-0.1, -0.05) is 36.4 Å². The maximum atomic E-state index is 13.6. The summed E-state index contributed by atoms with van der Waals surface area (Å²) in [4.78, 5) is 29.1. The number of carbonyl (C=O) groups is 2. The van der Waals surface area contributed by atoms with Crippen LogP contribution in [0.3, 0.4) is 0 Å². The van der Waals surface area contributed by atoms with Gasteiger partial charge in [-0.3, -0.25) is 10.0 Å². The lowest BCUT2D eigenvalue weighted by atomic mass is 10.0. The summed E-state index contributed by atoms with van der Waals surface area (Å²) in [6.45, 7) is 4.36. The monoisotopic (exact) mass is 411 g/mol. The number of carbonyl (C=O) groups excluding carboxylic acids is 2. The van der Waals surface area contributed by atoms with Crippen LogP contribution in [-0.2, 0) is 4.74 Å². The van der Waals surface area contributed by atoms with Gasteiger partial charge in [-0.25, -0.2) is 10.3 Å². The lowest BCUT2D eigenvalue weighted by molar-refractivity contribution is 0.0317. The zero-order valence-electron chi connectivity index (χ0n) is 16.8. The first-order chi connectivity index (χ1) is 14.6. The topological polar surface area (TPSA) is 91.3 Å². The molecule has 0 aliphatic carbocycles. The molecule has 2 N–H and O–H groups in total. The highest BCUT2D eigenvalue weighted by molar-refractivity contribution is 5.94. The Hall–Kier alpha value is -3.10. The fourth-order valence-electron chi connectivity index (χ4n) is 4.03. The molecule has 2 aliphatic rings. The number of amides is 3. The van der Waals surface area contributed by atoms with Gasteiger partial charge in [0.05, 0.1) is 25.3 Å².